The highest BCUT2D eigenvalue weighted by atomic mass is 19.4. The van der Waals surface area contributed by atoms with Gasteiger partial charge in [-0.2, -0.15) is 70.2 Å². The molecule has 37 heavy (non-hydrogen) atoms. The largest absolute Gasteiger partial charge is 0.527 e. The van der Waals surface area contributed by atoms with Gasteiger partial charge in [0.05, 0.1) is 0 Å². The summed E-state index contributed by atoms with van der Waals surface area (Å²) >= 11 is 0. The van der Waals surface area contributed by atoms with Gasteiger partial charge in [0.2, 0.25) is 0 Å². The third kappa shape index (κ3) is 8.63. The average Bonchev–Trinajstić information content (AvgIpc) is 2.45. The highest BCUT2D eigenvalue weighted by molar-refractivity contribution is 4.80. The first-order chi connectivity index (χ1) is 15.5. The minimum Gasteiger partial charge on any atom is -0.241 e. The van der Waals surface area contributed by atoms with E-state index in [2.05, 4.69) is 0 Å². The number of hydrogen-bond donors (Lipinski definition) is 0. The summed E-state index contributed by atoms with van der Waals surface area (Å²) in [5, 5.41) is 0. The molecule has 0 rings (SSSR count). The fourth-order valence-electron chi connectivity index (χ4n) is 1.25. The molecule has 0 aliphatic carbocycles. The lowest BCUT2D eigenvalue weighted by atomic mass is 10.4. The lowest BCUT2D eigenvalue weighted by molar-refractivity contribution is -0.591. The number of hydrogen-bond acceptors (Lipinski definition) is 5. The summed E-state index contributed by atoms with van der Waals surface area (Å²) < 4.78 is 281. The molecule has 0 unspecified atom stereocenters. The van der Waals surface area contributed by atoms with Crippen molar-refractivity contribution in [2.24, 2.45) is 0 Å². The molecule has 0 spiro atoms. The molecule has 0 atom stereocenters. The van der Waals surface area contributed by atoms with Crippen LogP contribution >= 0.6 is 0 Å². The Morgan fingerprint density at radius 2 is 0.297 bits per heavy atom. The van der Waals surface area contributed by atoms with Crippen LogP contribution in [0.1, 0.15) is 0 Å². The molecule has 0 aliphatic heterocycles. The highest BCUT2D eigenvalue weighted by Crippen LogP contribution is 2.52. The van der Waals surface area contributed by atoms with Gasteiger partial charge in [-0.05, 0) is 0 Å². The second kappa shape index (κ2) is 9.47. The first-order valence-electron chi connectivity index (χ1n) is 7.20. The van der Waals surface area contributed by atoms with Crippen LogP contribution in [0, 0.1) is 0 Å². The predicted molar refractivity (Wildman–Crippen MR) is 57.1 cm³/mol. The van der Waals surface area contributed by atoms with Crippen LogP contribution in [0.2, 0.25) is 0 Å². The van der Waals surface area contributed by atoms with Gasteiger partial charge < -0.3 is 0 Å². The van der Waals surface area contributed by atoms with Gasteiger partial charge in [0.25, 0.3) is 0 Å². The first-order valence-corrected chi connectivity index (χ1v) is 7.20. The van der Waals surface area contributed by atoms with Gasteiger partial charge in [-0.25, -0.2) is 23.7 Å². The highest BCUT2D eigenvalue weighted by Gasteiger charge is 2.79. The number of alkyl halides is 22. The Hall–Kier alpha value is -1.74. The third-order valence-electron chi connectivity index (χ3n) is 2.61. The van der Waals surface area contributed by atoms with E-state index in [1.54, 1.807) is 0 Å². The fraction of sp³-hybridized carbons (Fsp3) is 1.00. The van der Waals surface area contributed by atoms with E-state index in [-0.39, 0.29) is 0 Å². The van der Waals surface area contributed by atoms with Gasteiger partial charge in [-0.3, -0.25) is 0 Å². The van der Waals surface area contributed by atoms with Crippen molar-refractivity contribution in [1.82, 2.24) is 0 Å². The molecule has 5 nitrogen and oxygen atoms in total. The van der Waals surface area contributed by atoms with Crippen LogP contribution in [0.3, 0.4) is 0 Å². The Morgan fingerprint density at radius 1 is 0.189 bits per heavy atom. The Morgan fingerprint density at radius 3 is 0.405 bits per heavy atom. The molecule has 224 valence electrons. The fourth-order valence-corrected chi connectivity index (χ4v) is 1.25. The van der Waals surface area contributed by atoms with E-state index in [0.717, 1.165) is 0 Å². The number of rotatable bonds is 12. The molecule has 0 saturated carbocycles. The summed E-state index contributed by atoms with van der Waals surface area (Å²) in [7, 11) is 0. The van der Waals surface area contributed by atoms with Crippen molar-refractivity contribution in [3.05, 3.63) is 0 Å². The molecule has 0 heterocycles. The van der Waals surface area contributed by atoms with Crippen molar-refractivity contribution in [3.8, 4) is 0 Å². The second-order valence-electron chi connectivity index (χ2n) is 5.54. The molecule has 0 saturated heterocycles. The molecular weight excluding hydrogens is 618 g/mol. The van der Waals surface area contributed by atoms with Crippen molar-refractivity contribution in [2.45, 2.75) is 61.6 Å². The van der Waals surface area contributed by atoms with Crippen LogP contribution in [0.25, 0.3) is 0 Å². The van der Waals surface area contributed by atoms with Crippen molar-refractivity contribution in [3.63, 3.8) is 0 Å². The Kier molecular flexibility index (Phi) is 9.03. The normalized spacial score (nSPS) is 16.4. The van der Waals surface area contributed by atoms with E-state index >= 15 is 0 Å². The van der Waals surface area contributed by atoms with Crippen LogP contribution < -0.4 is 0 Å². The van der Waals surface area contributed by atoms with Crippen LogP contribution in [0.15, 0.2) is 0 Å². The number of ether oxygens (including phenoxy) is 5. The van der Waals surface area contributed by atoms with E-state index in [1.807, 2.05) is 0 Å². The maximum absolute atomic E-state index is 13.1. The Labute approximate surface area is 183 Å². The Bertz CT molecular complexity index is 718. The molecule has 0 aliphatic rings. The molecule has 0 N–H and O–H groups in total. The zero-order chi connectivity index (χ0) is 30.5. The van der Waals surface area contributed by atoms with Crippen molar-refractivity contribution in [1.29, 1.82) is 0 Å². The van der Waals surface area contributed by atoms with Crippen molar-refractivity contribution in [2.75, 3.05) is 0 Å². The van der Waals surface area contributed by atoms with Crippen LogP contribution in [-0.4, -0.2) is 61.6 Å². The average molecular weight is 618 g/mol. The summed E-state index contributed by atoms with van der Waals surface area (Å²) in [5.74, 6) is 0. The molecule has 0 aromatic heterocycles. The van der Waals surface area contributed by atoms with E-state index < -0.39 is 61.6 Å². The zero-order valence-electron chi connectivity index (χ0n) is 15.4. The maximum atomic E-state index is 13.1. The monoisotopic (exact) mass is 618 g/mol. The minimum atomic E-state index is -7.93. The zero-order valence-corrected chi connectivity index (χ0v) is 15.4. The lowest BCUT2D eigenvalue weighted by Gasteiger charge is -2.35. The molecule has 27 heteroatoms. The summed E-state index contributed by atoms with van der Waals surface area (Å²) in [4.78, 5) is 0. The summed E-state index contributed by atoms with van der Waals surface area (Å²) in [5.41, 5.74) is 0. The molecule has 0 bridgehead atoms. The minimum absolute atomic E-state index is 1.17. The summed E-state index contributed by atoms with van der Waals surface area (Å²) in [6.45, 7) is 0. The molecule has 0 aromatic rings. The van der Waals surface area contributed by atoms with Crippen LogP contribution in [0.4, 0.5) is 96.6 Å². The second-order valence-corrected chi connectivity index (χ2v) is 5.54. The predicted octanol–water partition coefficient (Wildman–Crippen LogP) is 6.85. The van der Waals surface area contributed by atoms with Gasteiger partial charge in [-0.1, -0.05) is 0 Å². The van der Waals surface area contributed by atoms with E-state index in [9.17, 15) is 96.6 Å². The van der Waals surface area contributed by atoms with Gasteiger partial charge in [0.1, 0.15) is 0 Å². The smallest absolute Gasteiger partial charge is 0.241 e. The van der Waals surface area contributed by atoms with Crippen molar-refractivity contribution < 1.29 is 120 Å². The summed E-state index contributed by atoms with van der Waals surface area (Å²) in [6.07, 6.45) is -75.4. The summed E-state index contributed by atoms with van der Waals surface area (Å²) in [6, 6.07) is 0. The third-order valence-corrected chi connectivity index (χ3v) is 2.61. The Balaban J connectivity index is 6.01. The van der Waals surface area contributed by atoms with Crippen LogP contribution in [0.5, 0.6) is 0 Å². The SMILES string of the molecule is FC(F)(F)OC(F)(F)C(F)(F)OC(F)(F)C(F)(F)OC(F)(F)C(F)(F)OC(F)(F)C(F)(F)OC(F)(F)F. The molecule has 0 aromatic carbocycles. The van der Waals surface area contributed by atoms with E-state index in [4.69, 9.17) is 0 Å². The maximum Gasteiger partial charge on any atom is 0.527 e. The van der Waals surface area contributed by atoms with Gasteiger partial charge in [-0.15, -0.1) is 26.3 Å². The standard InChI is InChI=1S/C10F22O5/c11-1(12,3(15,16)34-5(19,20)7(23,24)36-9(27,28)29)33-2(13,14)4(17,18)35-6(21,22)8(25,26)37-10(30,31)32. The van der Waals surface area contributed by atoms with Crippen molar-refractivity contribution >= 4 is 0 Å². The lowest BCUT2D eigenvalue weighted by Crippen LogP contribution is -2.61. The van der Waals surface area contributed by atoms with Gasteiger partial charge >= 0.3 is 61.6 Å². The van der Waals surface area contributed by atoms with E-state index in [0.29, 0.717) is 0 Å². The van der Waals surface area contributed by atoms with E-state index in [1.165, 1.54) is 23.7 Å². The molecule has 0 amide bonds. The molecule has 0 radical (unpaired) electrons. The quantitative estimate of drug-likeness (QED) is 0.224. The van der Waals surface area contributed by atoms with Gasteiger partial charge in [0, 0.05) is 0 Å². The molecular formula is C10F22O5. The first kappa shape index (κ1) is 35.3. The van der Waals surface area contributed by atoms with Gasteiger partial charge in [0.15, 0.2) is 0 Å². The topological polar surface area (TPSA) is 46.2 Å². The molecule has 0 fully saturated rings. The van der Waals surface area contributed by atoms with Crippen LogP contribution in [-0.2, 0) is 23.7 Å². The number of halogens is 22.